The van der Waals surface area contributed by atoms with Crippen molar-refractivity contribution in [1.82, 2.24) is 14.1 Å². The third-order valence-electron chi connectivity index (χ3n) is 7.23. The summed E-state index contributed by atoms with van der Waals surface area (Å²) in [5.41, 5.74) is 4.01. The first-order valence-electron chi connectivity index (χ1n) is 12.2. The van der Waals surface area contributed by atoms with Crippen LogP contribution in [0.15, 0.2) is 47.4 Å². The minimum atomic E-state index is -3.57. The lowest BCUT2D eigenvalue weighted by Gasteiger charge is -2.34. The van der Waals surface area contributed by atoms with E-state index < -0.39 is 10.0 Å². The van der Waals surface area contributed by atoms with Gasteiger partial charge in [0.1, 0.15) is 0 Å². The Morgan fingerprint density at radius 2 is 1.50 bits per heavy atom. The van der Waals surface area contributed by atoms with Gasteiger partial charge in [-0.25, -0.2) is 8.42 Å². The van der Waals surface area contributed by atoms with Crippen molar-refractivity contribution in [2.75, 3.05) is 32.7 Å². The van der Waals surface area contributed by atoms with Crippen LogP contribution in [0, 0.1) is 0 Å². The summed E-state index contributed by atoms with van der Waals surface area (Å²) in [6.45, 7) is 2.69. The highest BCUT2D eigenvalue weighted by Crippen LogP contribution is 2.26. The normalized spacial score (nSPS) is 19.4. The van der Waals surface area contributed by atoms with Crippen LogP contribution in [0.3, 0.4) is 0 Å². The van der Waals surface area contributed by atoms with Gasteiger partial charge in [-0.15, -0.1) is 0 Å². The highest BCUT2D eigenvalue weighted by atomic mass is 32.2. The number of fused-ring (bicyclic) bond motifs is 1. The van der Waals surface area contributed by atoms with Crippen LogP contribution >= 0.6 is 0 Å². The van der Waals surface area contributed by atoms with Crippen LogP contribution in [0.1, 0.15) is 52.7 Å². The van der Waals surface area contributed by atoms with E-state index in [1.54, 1.807) is 23.1 Å². The monoisotopic (exact) mass is 481 g/mol. The fourth-order valence-corrected chi connectivity index (χ4v) is 6.65. The van der Waals surface area contributed by atoms with E-state index in [-0.39, 0.29) is 11.8 Å². The third-order valence-corrected chi connectivity index (χ3v) is 9.12. The van der Waals surface area contributed by atoms with Gasteiger partial charge in [-0.1, -0.05) is 18.2 Å². The summed E-state index contributed by atoms with van der Waals surface area (Å²) in [7, 11) is -3.57. The maximum atomic E-state index is 13.2. The quantitative estimate of drug-likeness (QED) is 0.658. The largest absolute Gasteiger partial charge is 0.338 e. The Labute approximate surface area is 201 Å². The molecule has 0 spiro atoms. The molecule has 5 rings (SSSR count). The molecule has 2 amide bonds. The van der Waals surface area contributed by atoms with Crippen molar-refractivity contribution in [2.24, 2.45) is 0 Å². The number of sulfonamides is 1. The van der Waals surface area contributed by atoms with E-state index in [0.717, 1.165) is 49.8 Å². The van der Waals surface area contributed by atoms with Crippen molar-refractivity contribution < 1.29 is 18.0 Å². The summed E-state index contributed by atoms with van der Waals surface area (Å²) in [6, 6.07) is 12.9. The molecule has 0 saturated carbocycles. The predicted octanol–water partition coefficient (Wildman–Crippen LogP) is 2.83. The van der Waals surface area contributed by atoms with Gasteiger partial charge >= 0.3 is 0 Å². The molecule has 2 aromatic rings. The number of amides is 2. The van der Waals surface area contributed by atoms with E-state index >= 15 is 0 Å². The van der Waals surface area contributed by atoms with E-state index in [1.165, 1.54) is 9.87 Å². The van der Waals surface area contributed by atoms with Crippen LogP contribution < -0.4 is 0 Å². The van der Waals surface area contributed by atoms with Crippen molar-refractivity contribution >= 4 is 21.8 Å². The number of nitrogens with zero attached hydrogens (tertiary/aromatic N) is 3. The number of likely N-dealkylation sites (tertiary alicyclic amines) is 1. The Hall–Kier alpha value is -2.71. The van der Waals surface area contributed by atoms with Gasteiger partial charge in [0.05, 0.1) is 4.90 Å². The van der Waals surface area contributed by atoms with Gasteiger partial charge < -0.3 is 9.80 Å². The van der Waals surface area contributed by atoms with Gasteiger partial charge in [-0.2, -0.15) is 4.31 Å². The number of aryl methyl sites for hydroxylation is 2. The van der Waals surface area contributed by atoms with Crippen LogP contribution in [0.5, 0.6) is 0 Å². The molecular formula is C26H31N3O4S. The highest BCUT2D eigenvalue weighted by Gasteiger charge is 2.31. The SMILES string of the molecule is O=C1CCCN1Cc1ccc(C(=O)N2CCN(S(=O)(=O)c3ccc4c(c3)CCCC4)CC2)cc1. The molecule has 0 atom stereocenters. The fourth-order valence-electron chi connectivity index (χ4n) is 5.18. The lowest BCUT2D eigenvalue weighted by Crippen LogP contribution is -2.50. The number of rotatable bonds is 5. The van der Waals surface area contributed by atoms with Crippen molar-refractivity contribution in [3.05, 3.63) is 64.7 Å². The smallest absolute Gasteiger partial charge is 0.253 e. The van der Waals surface area contributed by atoms with Gasteiger partial charge in [0.25, 0.3) is 5.91 Å². The average molecular weight is 482 g/mol. The van der Waals surface area contributed by atoms with Gasteiger partial charge in [0, 0.05) is 51.3 Å². The Balaban J connectivity index is 1.20. The van der Waals surface area contributed by atoms with Crippen molar-refractivity contribution in [2.45, 2.75) is 50.0 Å². The minimum Gasteiger partial charge on any atom is -0.338 e. The predicted molar refractivity (Wildman–Crippen MR) is 129 cm³/mol. The van der Waals surface area contributed by atoms with Gasteiger partial charge in [0.2, 0.25) is 15.9 Å². The molecule has 0 unspecified atom stereocenters. The molecule has 2 aliphatic heterocycles. The van der Waals surface area contributed by atoms with Gasteiger partial charge in [-0.3, -0.25) is 9.59 Å². The van der Waals surface area contributed by atoms with E-state index in [1.807, 2.05) is 29.2 Å². The van der Waals surface area contributed by atoms with Crippen LogP contribution in [-0.4, -0.2) is 67.1 Å². The van der Waals surface area contributed by atoms with Gasteiger partial charge in [-0.05, 0) is 73.1 Å². The molecule has 34 heavy (non-hydrogen) atoms. The Morgan fingerprint density at radius 3 is 2.18 bits per heavy atom. The Bertz CT molecular complexity index is 1190. The summed E-state index contributed by atoms with van der Waals surface area (Å²) in [5, 5.41) is 0. The van der Waals surface area contributed by atoms with E-state index in [4.69, 9.17) is 0 Å². The van der Waals surface area contributed by atoms with Crippen molar-refractivity contribution in [3.8, 4) is 0 Å². The molecule has 2 saturated heterocycles. The summed E-state index contributed by atoms with van der Waals surface area (Å²) < 4.78 is 27.9. The molecule has 2 heterocycles. The van der Waals surface area contributed by atoms with Crippen molar-refractivity contribution in [1.29, 1.82) is 0 Å². The average Bonchev–Trinajstić information content (AvgIpc) is 3.28. The number of carbonyl (C=O) groups is 2. The zero-order chi connectivity index (χ0) is 23.7. The molecule has 0 bridgehead atoms. The van der Waals surface area contributed by atoms with Crippen LogP contribution in [0.2, 0.25) is 0 Å². The molecule has 180 valence electrons. The van der Waals surface area contributed by atoms with Gasteiger partial charge in [0.15, 0.2) is 0 Å². The van der Waals surface area contributed by atoms with E-state index in [0.29, 0.717) is 49.6 Å². The topological polar surface area (TPSA) is 78.0 Å². The molecule has 3 aliphatic rings. The second kappa shape index (κ2) is 9.50. The summed E-state index contributed by atoms with van der Waals surface area (Å²) >= 11 is 0. The zero-order valence-corrected chi connectivity index (χ0v) is 20.2. The van der Waals surface area contributed by atoms with Crippen LogP contribution in [0.4, 0.5) is 0 Å². The Morgan fingerprint density at radius 1 is 0.794 bits per heavy atom. The van der Waals surface area contributed by atoms with Crippen LogP contribution in [-0.2, 0) is 34.2 Å². The standard InChI is InChI=1S/C26H31N3O4S/c30-25-6-3-13-28(25)19-20-7-9-22(10-8-20)26(31)27-14-16-29(17-15-27)34(32,33)24-12-11-21-4-1-2-5-23(21)18-24/h7-12,18H,1-6,13-17,19H2. The molecule has 0 radical (unpaired) electrons. The first-order chi connectivity index (χ1) is 16.4. The maximum Gasteiger partial charge on any atom is 0.253 e. The highest BCUT2D eigenvalue weighted by molar-refractivity contribution is 7.89. The number of hydrogen-bond acceptors (Lipinski definition) is 4. The second-order valence-electron chi connectivity index (χ2n) is 9.45. The molecule has 0 aromatic heterocycles. The number of piperazine rings is 1. The first-order valence-corrected chi connectivity index (χ1v) is 13.6. The number of hydrogen-bond donors (Lipinski definition) is 0. The molecule has 0 N–H and O–H groups in total. The fraction of sp³-hybridized carbons (Fsp3) is 0.462. The maximum absolute atomic E-state index is 13.2. The summed E-state index contributed by atoms with van der Waals surface area (Å²) in [6.07, 6.45) is 5.75. The molecule has 8 heteroatoms. The van der Waals surface area contributed by atoms with Crippen molar-refractivity contribution in [3.63, 3.8) is 0 Å². The second-order valence-corrected chi connectivity index (χ2v) is 11.4. The molecule has 7 nitrogen and oxygen atoms in total. The van der Waals surface area contributed by atoms with Crippen LogP contribution in [0.25, 0.3) is 0 Å². The minimum absolute atomic E-state index is 0.0883. The number of benzene rings is 2. The van der Waals surface area contributed by atoms with E-state index in [9.17, 15) is 18.0 Å². The lowest BCUT2D eigenvalue weighted by atomic mass is 9.92. The first kappa shape index (κ1) is 23.1. The molecule has 1 aliphatic carbocycles. The summed E-state index contributed by atoms with van der Waals surface area (Å²) in [4.78, 5) is 28.7. The summed E-state index contributed by atoms with van der Waals surface area (Å²) in [5.74, 6) is 0.0954. The number of carbonyl (C=O) groups excluding carboxylic acids is 2. The lowest BCUT2D eigenvalue weighted by molar-refractivity contribution is -0.128. The Kier molecular flexibility index (Phi) is 6.44. The zero-order valence-electron chi connectivity index (χ0n) is 19.4. The molecule has 2 aromatic carbocycles. The van der Waals surface area contributed by atoms with E-state index in [2.05, 4.69) is 0 Å². The third kappa shape index (κ3) is 4.61. The molecule has 2 fully saturated rings. The molecular weight excluding hydrogens is 450 g/mol.